The molecule has 0 saturated heterocycles. The van der Waals surface area contributed by atoms with E-state index in [0.29, 0.717) is 0 Å². The van der Waals surface area contributed by atoms with E-state index in [1.807, 2.05) is 36.7 Å². The summed E-state index contributed by atoms with van der Waals surface area (Å²) in [6, 6.07) is 0.176. The highest BCUT2D eigenvalue weighted by Crippen LogP contribution is 2.31. The van der Waals surface area contributed by atoms with Crippen molar-refractivity contribution >= 4 is 12.4 Å². The van der Waals surface area contributed by atoms with Crippen molar-refractivity contribution in [3.63, 3.8) is 0 Å². The highest BCUT2D eigenvalue weighted by atomic mass is 14.9. The van der Waals surface area contributed by atoms with E-state index in [-0.39, 0.29) is 12.1 Å². The average molecular weight is 197 g/mol. The molecule has 3 rings (SSSR count). The van der Waals surface area contributed by atoms with E-state index in [4.69, 9.17) is 5.73 Å². The number of nitrogens with zero attached hydrogens (tertiary/aromatic N) is 2. The first-order valence-corrected chi connectivity index (χ1v) is 4.97. The van der Waals surface area contributed by atoms with Gasteiger partial charge in [0.25, 0.3) is 0 Å². The Morgan fingerprint density at radius 1 is 1.00 bits per heavy atom. The molecular weight excluding hydrogens is 186 g/mol. The van der Waals surface area contributed by atoms with Gasteiger partial charge >= 0.3 is 0 Å². The van der Waals surface area contributed by atoms with Crippen LogP contribution in [0.1, 0.15) is 0 Å². The standard InChI is InChI=1S/C12H11N3/c13-10-7-8-3-1-5-14-11(8)12-9(10)4-2-6-15-12/h1-7,11-12H,13H2. The van der Waals surface area contributed by atoms with Gasteiger partial charge in [0.1, 0.15) is 12.1 Å². The Bertz CT molecular complexity index is 475. The van der Waals surface area contributed by atoms with Gasteiger partial charge in [-0.15, -0.1) is 0 Å². The predicted molar refractivity (Wildman–Crippen MR) is 62.1 cm³/mol. The van der Waals surface area contributed by atoms with Crippen molar-refractivity contribution in [1.82, 2.24) is 0 Å². The summed E-state index contributed by atoms with van der Waals surface area (Å²) in [5.74, 6) is 0. The molecular formula is C12H11N3. The van der Waals surface area contributed by atoms with Crippen LogP contribution in [0.4, 0.5) is 0 Å². The first-order chi connectivity index (χ1) is 7.36. The second kappa shape index (κ2) is 3.05. The van der Waals surface area contributed by atoms with E-state index in [9.17, 15) is 0 Å². The van der Waals surface area contributed by atoms with Crippen molar-refractivity contribution in [2.75, 3.05) is 0 Å². The molecule has 74 valence electrons. The number of aliphatic imine (C=N–C) groups is 2. The molecule has 2 heterocycles. The number of fused-ring (bicyclic) bond motifs is 3. The van der Waals surface area contributed by atoms with Crippen LogP contribution in [0.5, 0.6) is 0 Å². The number of dihydropyridines is 2. The number of rotatable bonds is 0. The Hall–Kier alpha value is -1.90. The van der Waals surface area contributed by atoms with Crippen LogP contribution in [0.3, 0.4) is 0 Å². The minimum Gasteiger partial charge on any atom is -0.398 e. The average Bonchev–Trinajstić information content (AvgIpc) is 2.30. The summed E-state index contributed by atoms with van der Waals surface area (Å²) in [5, 5.41) is 0. The van der Waals surface area contributed by atoms with E-state index in [2.05, 4.69) is 16.1 Å². The van der Waals surface area contributed by atoms with E-state index in [0.717, 1.165) is 16.8 Å². The second-order valence-corrected chi connectivity index (χ2v) is 3.76. The first kappa shape index (κ1) is 8.41. The molecule has 0 fully saturated rings. The zero-order valence-corrected chi connectivity index (χ0v) is 8.17. The zero-order chi connectivity index (χ0) is 10.3. The topological polar surface area (TPSA) is 50.7 Å². The molecule has 0 spiro atoms. The lowest BCUT2D eigenvalue weighted by molar-refractivity contribution is 0.654. The van der Waals surface area contributed by atoms with E-state index >= 15 is 0 Å². The van der Waals surface area contributed by atoms with Gasteiger partial charge in [-0.25, -0.2) is 0 Å². The van der Waals surface area contributed by atoms with Crippen LogP contribution >= 0.6 is 0 Å². The quantitative estimate of drug-likeness (QED) is 0.622. The molecule has 0 radical (unpaired) electrons. The van der Waals surface area contributed by atoms with E-state index in [1.54, 1.807) is 0 Å². The van der Waals surface area contributed by atoms with Crippen LogP contribution in [0.2, 0.25) is 0 Å². The summed E-state index contributed by atoms with van der Waals surface area (Å²) >= 11 is 0. The molecule has 0 aromatic heterocycles. The maximum Gasteiger partial charge on any atom is 0.103 e. The SMILES string of the molecule is NC1=C2C=CC=NC2C2N=CC=CC2=C1. The van der Waals surface area contributed by atoms with Crippen molar-refractivity contribution in [3.05, 3.63) is 47.2 Å². The van der Waals surface area contributed by atoms with Gasteiger partial charge in [0.05, 0.1) is 0 Å². The summed E-state index contributed by atoms with van der Waals surface area (Å²) < 4.78 is 0. The molecule has 2 N–H and O–H groups in total. The molecule has 0 bridgehead atoms. The van der Waals surface area contributed by atoms with Crippen LogP contribution in [0, 0.1) is 0 Å². The van der Waals surface area contributed by atoms with E-state index in [1.165, 1.54) is 0 Å². The lowest BCUT2D eigenvalue weighted by atomic mass is 9.85. The minimum atomic E-state index is 0.0659. The predicted octanol–water partition coefficient (Wildman–Crippen LogP) is 1.16. The molecule has 2 atom stereocenters. The summed E-state index contributed by atoms with van der Waals surface area (Å²) in [6.45, 7) is 0. The Morgan fingerprint density at radius 3 is 2.60 bits per heavy atom. The van der Waals surface area contributed by atoms with Crippen molar-refractivity contribution in [2.24, 2.45) is 15.7 Å². The van der Waals surface area contributed by atoms with Crippen LogP contribution in [-0.2, 0) is 0 Å². The Kier molecular flexibility index (Phi) is 1.71. The van der Waals surface area contributed by atoms with Gasteiger partial charge in [-0.3, -0.25) is 9.98 Å². The molecule has 1 aliphatic carbocycles. The van der Waals surface area contributed by atoms with Crippen LogP contribution in [0.25, 0.3) is 0 Å². The summed E-state index contributed by atoms with van der Waals surface area (Å²) in [6.07, 6.45) is 13.6. The van der Waals surface area contributed by atoms with Crippen LogP contribution in [0.15, 0.2) is 57.2 Å². The third-order valence-corrected chi connectivity index (χ3v) is 2.84. The molecule has 0 aromatic rings. The van der Waals surface area contributed by atoms with Crippen molar-refractivity contribution in [3.8, 4) is 0 Å². The van der Waals surface area contributed by atoms with Gasteiger partial charge in [-0.1, -0.05) is 12.2 Å². The monoisotopic (exact) mass is 197 g/mol. The maximum atomic E-state index is 5.99. The summed E-state index contributed by atoms with van der Waals surface area (Å²) in [4.78, 5) is 8.90. The molecule has 2 unspecified atom stereocenters. The van der Waals surface area contributed by atoms with Gasteiger partial charge in [-0.2, -0.15) is 0 Å². The molecule has 0 saturated carbocycles. The highest BCUT2D eigenvalue weighted by Gasteiger charge is 2.31. The minimum absolute atomic E-state index is 0.0659. The lowest BCUT2D eigenvalue weighted by Gasteiger charge is -2.30. The number of hydrogen-bond donors (Lipinski definition) is 1. The first-order valence-electron chi connectivity index (χ1n) is 4.97. The Morgan fingerprint density at radius 2 is 1.73 bits per heavy atom. The fourth-order valence-corrected chi connectivity index (χ4v) is 2.13. The molecule has 2 aliphatic heterocycles. The van der Waals surface area contributed by atoms with Crippen molar-refractivity contribution < 1.29 is 0 Å². The molecule has 15 heavy (non-hydrogen) atoms. The molecule has 3 nitrogen and oxygen atoms in total. The maximum absolute atomic E-state index is 5.99. The number of hydrogen-bond acceptors (Lipinski definition) is 3. The lowest BCUT2D eigenvalue weighted by Crippen LogP contribution is -2.33. The second-order valence-electron chi connectivity index (χ2n) is 3.76. The van der Waals surface area contributed by atoms with Gasteiger partial charge in [0.15, 0.2) is 0 Å². The van der Waals surface area contributed by atoms with Crippen LogP contribution < -0.4 is 5.73 Å². The smallest absolute Gasteiger partial charge is 0.103 e. The van der Waals surface area contributed by atoms with Crippen LogP contribution in [-0.4, -0.2) is 24.5 Å². The number of nitrogens with two attached hydrogens (primary N) is 1. The molecule has 0 amide bonds. The van der Waals surface area contributed by atoms with Gasteiger partial charge in [-0.05, 0) is 23.8 Å². The normalized spacial score (nSPS) is 31.3. The number of allylic oxidation sites excluding steroid dienone is 3. The summed E-state index contributed by atoms with van der Waals surface area (Å²) in [5.41, 5.74) is 9.03. The fourth-order valence-electron chi connectivity index (χ4n) is 2.13. The fraction of sp³-hybridized carbons (Fsp3) is 0.167. The third-order valence-electron chi connectivity index (χ3n) is 2.84. The van der Waals surface area contributed by atoms with Crippen molar-refractivity contribution in [2.45, 2.75) is 12.1 Å². The molecule has 3 aliphatic rings. The van der Waals surface area contributed by atoms with Gasteiger partial charge < -0.3 is 5.73 Å². The third kappa shape index (κ3) is 1.20. The van der Waals surface area contributed by atoms with E-state index < -0.39 is 0 Å². The largest absolute Gasteiger partial charge is 0.398 e. The summed E-state index contributed by atoms with van der Waals surface area (Å²) in [7, 11) is 0. The van der Waals surface area contributed by atoms with Gasteiger partial charge in [0, 0.05) is 23.7 Å². The Labute approximate surface area is 88.1 Å². The van der Waals surface area contributed by atoms with Crippen molar-refractivity contribution in [1.29, 1.82) is 0 Å². The van der Waals surface area contributed by atoms with Gasteiger partial charge in [0.2, 0.25) is 0 Å². The molecule has 0 aromatic carbocycles. The zero-order valence-electron chi connectivity index (χ0n) is 8.17. The Balaban J connectivity index is 2.14. The molecule has 3 heteroatoms. The highest BCUT2D eigenvalue weighted by molar-refractivity contribution is 5.78.